The van der Waals surface area contributed by atoms with Gasteiger partial charge in [-0.25, -0.2) is 0 Å². The van der Waals surface area contributed by atoms with E-state index in [1.165, 1.54) is 30.4 Å². The highest BCUT2D eigenvalue weighted by molar-refractivity contribution is 5.94. The van der Waals surface area contributed by atoms with E-state index in [2.05, 4.69) is 17.0 Å². The van der Waals surface area contributed by atoms with Gasteiger partial charge >= 0.3 is 0 Å². The maximum Gasteiger partial charge on any atom is 0.253 e. The summed E-state index contributed by atoms with van der Waals surface area (Å²) in [6.45, 7) is 11.0. The zero-order chi connectivity index (χ0) is 19.9. The zero-order valence-electron chi connectivity index (χ0n) is 17.5. The number of piperazine rings is 1. The molecule has 5 heteroatoms. The molecular weight excluding hydrogens is 350 g/mol. The van der Waals surface area contributed by atoms with Gasteiger partial charge in [0.05, 0.1) is 0 Å². The highest BCUT2D eigenvalue weighted by atomic mass is 16.2. The lowest BCUT2D eigenvalue weighted by Crippen LogP contribution is -2.53. The lowest BCUT2D eigenvalue weighted by Gasteiger charge is -2.43. The molecule has 0 unspecified atom stereocenters. The molecule has 2 heterocycles. The Bertz CT molecular complexity index is 756. The molecule has 2 aliphatic heterocycles. The zero-order valence-corrected chi connectivity index (χ0v) is 17.5. The van der Waals surface area contributed by atoms with E-state index >= 15 is 0 Å². The third-order valence-corrected chi connectivity index (χ3v) is 6.59. The van der Waals surface area contributed by atoms with E-state index in [0.717, 1.165) is 50.7 Å². The van der Waals surface area contributed by atoms with Crippen LogP contribution in [0.1, 0.15) is 61.5 Å². The second-order valence-corrected chi connectivity index (χ2v) is 9.62. The van der Waals surface area contributed by atoms with Gasteiger partial charge < -0.3 is 9.80 Å². The van der Waals surface area contributed by atoms with Crippen LogP contribution in [0.5, 0.6) is 0 Å². The van der Waals surface area contributed by atoms with Gasteiger partial charge in [0, 0.05) is 56.3 Å². The Morgan fingerprint density at radius 1 is 0.929 bits per heavy atom. The van der Waals surface area contributed by atoms with Gasteiger partial charge in [-0.3, -0.25) is 14.5 Å². The van der Waals surface area contributed by atoms with Gasteiger partial charge in [0.15, 0.2) is 0 Å². The standard InChI is InChI=1S/C23H33N3O2/c1-23(2,3)22(28)26-10-9-17-15-18(7-8-19(17)16-26)21(27)25-13-11-24(12-14-25)20-5-4-6-20/h7-8,15,20H,4-6,9-14,16H2,1-3H3. The fourth-order valence-electron chi connectivity index (χ4n) is 4.56. The highest BCUT2D eigenvalue weighted by Crippen LogP contribution is 2.27. The predicted molar refractivity (Wildman–Crippen MR) is 110 cm³/mol. The Morgan fingerprint density at radius 2 is 1.64 bits per heavy atom. The highest BCUT2D eigenvalue weighted by Gasteiger charge is 2.31. The normalized spacial score (nSPS) is 21.2. The van der Waals surface area contributed by atoms with Crippen LogP contribution in [0, 0.1) is 5.41 Å². The molecule has 0 N–H and O–H groups in total. The topological polar surface area (TPSA) is 43.9 Å². The molecule has 0 radical (unpaired) electrons. The van der Waals surface area contributed by atoms with E-state index in [4.69, 9.17) is 0 Å². The molecule has 2 amide bonds. The van der Waals surface area contributed by atoms with Crippen molar-refractivity contribution in [1.82, 2.24) is 14.7 Å². The van der Waals surface area contributed by atoms with Gasteiger partial charge in [0.1, 0.15) is 0 Å². The van der Waals surface area contributed by atoms with E-state index in [1.807, 2.05) is 36.6 Å². The van der Waals surface area contributed by atoms with Gasteiger partial charge in [-0.1, -0.05) is 33.3 Å². The van der Waals surface area contributed by atoms with Crippen LogP contribution >= 0.6 is 0 Å². The van der Waals surface area contributed by atoms with Gasteiger partial charge in [0.25, 0.3) is 5.91 Å². The molecule has 0 aromatic heterocycles. The van der Waals surface area contributed by atoms with Crippen molar-refractivity contribution in [3.05, 3.63) is 34.9 Å². The Labute approximate surface area is 168 Å². The number of hydrogen-bond acceptors (Lipinski definition) is 3. The van der Waals surface area contributed by atoms with Crippen LogP contribution in [0.3, 0.4) is 0 Å². The second-order valence-electron chi connectivity index (χ2n) is 9.62. The molecule has 5 nitrogen and oxygen atoms in total. The minimum absolute atomic E-state index is 0.157. The van der Waals surface area contributed by atoms with Crippen LogP contribution in [0.15, 0.2) is 18.2 Å². The van der Waals surface area contributed by atoms with E-state index in [-0.39, 0.29) is 17.2 Å². The number of nitrogens with zero attached hydrogens (tertiary/aromatic N) is 3. The van der Waals surface area contributed by atoms with Crippen molar-refractivity contribution in [2.24, 2.45) is 5.41 Å². The number of fused-ring (bicyclic) bond motifs is 1. The Kier molecular flexibility index (Phi) is 5.21. The second kappa shape index (κ2) is 7.51. The lowest BCUT2D eigenvalue weighted by molar-refractivity contribution is -0.140. The van der Waals surface area contributed by atoms with Gasteiger partial charge in [-0.05, 0) is 42.5 Å². The lowest BCUT2D eigenvalue weighted by atomic mass is 9.91. The summed E-state index contributed by atoms with van der Waals surface area (Å²) in [5, 5.41) is 0. The van der Waals surface area contributed by atoms with Crippen molar-refractivity contribution < 1.29 is 9.59 Å². The SMILES string of the molecule is CC(C)(C)C(=O)N1CCc2cc(C(=O)N3CCN(C4CCC4)CC3)ccc2C1. The molecule has 1 aromatic rings. The van der Waals surface area contributed by atoms with E-state index in [9.17, 15) is 9.59 Å². The number of amides is 2. The first-order valence-corrected chi connectivity index (χ1v) is 10.8. The van der Waals surface area contributed by atoms with E-state index < -0.39 is 0 Å². The summed E-state index contributed by atoms with van der Waals surface area (Å²) in [5.41, 5.74) is 2.84. The molecule has 3 aliphatic rings. The molecule has 0 bridgehead atoms. The quantitative estimate of drug-likeness (QED) is 0.789. The first kappa shape index (κ1) is 19.4. The fraction of sp³-hybridized carbons (Fsp3) is 0.652. The van der Waals surface area contributed by atoms with Crippen molar-refractivity contribution in [2.45, 2.75) is 59.0 Å². The van der Waals surface area contributed by atoms with Gasteiger partial charge in [0.2, 0.25) is 5.91 Å². The number of benzene rings is 1. The molecule has 4 rings (SSSR count). The summed E-state index contributed by atoms with van der Waals surface area (Å²) < 4.78 is 0. The third kappa shape index (κ3) is 3.82. The molecule has 0 spiro atoms. The Morgan fingerprint density at radius 3 is 2.25 bits per heavy atom. The first-order chi connectivity index (χ1) is 13.3. The van der Waals surface area contributed by atoms with Crippen molar-refractivity contribution in [3.8, 4) is 0 Å². The molecule has 28 heavy (non-hydrogen) atoms. The number of rotatable bonds is 2. The monoisotopic (exact) mass is 383 g/mol. The number of carbonyl (C=O) groups is 2. The van der Waals surface area contributed by atoms with E-state index in [1.54, 1.807) is 0 Å². The molecule has 1 saturated heterocycles. The van der Waals surface area contributed by atoms with Crippen LogP contribution in [0.4, 0.5) is 0 Å². The minimum atomic E-state index is -0.352. The van der Waals surface area contributed by atoms with Gasteiger partial charge in [-0.15, -0.1) is 0 Å². The molecule has 1 aliphatic carbocycles. The predicted octanol–water partition coefficient (Wildman–Crippen LogP) is 2.93. The molecule has 1 aromatic carbocycles. The minimum Gasteiger partial charge on any atom is -0.338 e. The molecule has 152 valence electrons. The Balaban J connectivity index is 1.39. The van der Waals surface area contributed by atoms with Crippen molar-refractivity contribution in [1.29, 1.82) is 0 Å². The summed E-state index contributed by atoms with van der Waals surface area (Å²) in [6.07, 6.45) is 4.84. The van der Waals surface area contributed by atoms with Crippen LogP contribution in [-0.2, 0) is 17.8 Å². The molecule has 0 atom stereocenters. The number of hydrogen-bond donors (Lipinski definition) is 0. The van der Waals surface area contributed by atoms with Crippen LogP contribution < -0.4 is 0 Å². The Hall–Kier alpha value is -1.88. The van der Waals surface area contributed by atoms with Crippen molar-refractivity contribution in [2.75, 3.05) is 32.7 Å². The van der Waals surface area contributed by atoms with Crippen molar-refractivity contribution in [3.63, 3.8) is 0 Å². The number of carbonyl (C=O) groups excluding carboxylic acids is 2. The van der Waals surface area contributed by atoms with Crippen LogP contribution in [0.2, 0.25) is 0 Å². The molecule has 2 fully saturated rings. The molecular formula is C23H33N3O2. The summed E-state index contributed by atoms with van der Waals surface area (Å²) in [5.74, 6) is 0.354. The van der Waals surface area contributed by atoms with Gasteiger partial charge in [-0.2, -0.15) is 0 Å². The summed E-state index contributed by atoms with van der Waals surface area (Å²) in [7, 11) is 0. The smallest absolute Gasteiger partial charge is 0.253 e. The third-order valence-electron chi connectivity index (χ3n) is 6.59. The maximum absolute atomic E-state index is 13.0. The van der Waals surface area contributed by atoms with Crippen molar-refractivity contribution >= 4 is 11.8 Å². The average Bonchev–Trinajstić information content (AvgIpc) is 2.64. The first-order valence-electron chi connectivity index (χ1n) is 10.8. The average molecular weight is 384 g/mol. The summed E-state index contributed by atoms with van der Waals surface area (Å²) in [6, 6.07) is 6.83. The van der Waals surface area contributed by atoms with Crippen LogP contribution in [0.25, 0.3) is 0 Å². The maximum atomic E-state index is 13.0. The summed E-state index contributed by atoms with van der Waals surface area (Å²) >= 11 is 0. The summed E-state index contributed by atoms with van der Waals surface area (Å²) in [4.78, 5) is 32.1. The largest absolute Gasteiger partial charge is 0.338 e. The molecule has 1 saturated carbocycles. The van der Waals surface area contributed by atoms with E-state index in [0.29, 0.717) is 6.54 Å². The fourth-order valence-corrected chi connectivity index (χ4v) is 4.56. The van der Waals surface area contributed by atoms with Crippen LogP contribution in [-0.4, -0.2) is 65.3 Å².